The molecule has 0 radical (unpaired) electrons. The predicted molar refractivity (Wildman–Crippen MR) is 97.9 cm³/mol. The van der Waals surface area contributed by atoms with Gasteiger partial charge in [0.2, 0.25) is 11.8 Å². The first-order valence-electron chi connectivity index (χ1n) is 8.21. The van der Waals surface area contributed by atoms with E-state index < -0.39 is 0 Å². The largest absolute Gasteiger partial charge is 0.341 e. The summed E-state index contributed by atoms with van der Waals surface area (Å²) in [6.07, 6.45) is 2.38. The zero-order valence-corrected chi connectivity index (χ0v) is 15.8. The molecule has 2 rings (SSSR count). The monoisotopic (exact) mass is 349 g/mol. The van der Waals surface area contributed by atoms with Crippen LogP contribution in [0.1, 0.15) is 12.0 Å². The first kappa shape index (κ1) is 18.8. The highest BCUT2D eigenvalue weighted by molar-refractivity contribution is 7.98. The lowest BCUT2D eigenvalue weighted by molar-refractivity contribution is -0.135. The Morgan fingerprint density at radius 3 is 2.75 bits per heavy atom. The van der Waals surface area contributed by atoms with Crippen molar-refractivity contribution in [3.05, 3.63) is 29.8 Å². The van der Waals surface area contributed by atoms with Crippen LogP contribution in [0.5, 0.6) is 0 Å². The molecule has 132 valence electrons. The molecular formula is C18H27N3O2S. The molecule has 0 bridgehead atoms. The number of likely N-dealkylation sites (N-methyl/N-ethyl adjacent to an activating group) is 1. The molecule has 1 aliphatic heterocycles. The molecule has 1 unspecified atom stereocenters. The van der Waals surface area contributed by atoms with Gasteiger partial charge in [-0.15, -0.1) is 11.8 Å². The number of likely N-dealkylation sites (tertiary alicyclic amines) is 1. The van der Waals surface area contributed by atoms with Gasteiger partial charge in [-0.05, 0) is 38.0 Å². The maximum atomic E-state index is 12.7. The molecule has 0 spiro atoms. The van der Waals surface area contributed by atoms with Gasteiger partial charge in [-0.2, -0.15) is 0 Å². The van der Waals surface area contributed by atoms with E-state index in [0.717, 1.165) is 12.1 Å². The highest BCUT2D eigenvalue weighted by Gasteiger charge is 2.35. The number of hydrogen-bond acceptors (Lipinski definition) is 4. The smallest absolute Gasteiger partial charge is 0.228 e. The lowest BCUT2D eigenvalue weighted by Crippen LogP contribution is -2.36. The van der Waals surface area contributed by atoms with Crippen molar-refractivity contribution in [2.75, 3.05) is 47.0 Å². The zero-order chi connectivity index (χ0) is 17.7. The number of thioether (sulfide) groups is 1. The van der Waals surface area contributed by atoms with Crippen molar-refractivity contribution in [2.45, 2.75) is 17.9 Å². The summed E-state index contributed by atoms with van der Waals surface area (Å²) in [5.74, 6) is -0.0633. The molecule has 0 aromatic heterocycles. The van der Waals surface area contributed by atoms with E-state index in [-0.39, 0.29) is 17.7 Å². The van der Waals surface area contributed by atoms with Crippen LogP contribution in [0.2, 0.25) is 0 Å². The number of amides is 2. The van der Waals surface area contributed by atoms with Crippen molar-refractivity contribution in [1.82, 2.24) is 14.7 Å². The third-order valence-electron chi connectivity index (χ3n) is 4.31. The average molecular weight is 350 g/mol. The number of nitrogens with zero attached hydrogens (tertiary/aromatic N) is 3. The van der Waals surface area contributed by atoms with Crippen LogP contribution in [0.15, 0.2) is 29.2 Å². The van der Waals surface area contributed by atoms with Gasteiger partial charge in [-0.1, -0.05) is 12.1 Å². The second-order valence-electron chi connectivity index (χ2n) is 6.59. The van der Waals surface area contributed by atoms with Crippen molar-refractivity contribution in [1.29, 1.82) is 0 Å². The molecule has 1 saturated heterocycles. The van der Waals surface area contributed by atoms with E-state index in [1.54, 1.807) is 16.7 Å². The SMILES string of the molecule is CSc1cccc(CN(C)C(=O)C2CC(=O)N(CCN(C)C)C2)c1. The van der Waals surface area contributed by atoms with Crippen molar-refractivity contribution in [3.63, 3.8) is 0 Å². The quantitative estimate of drug-likeness (QED) is 0.704. The van der Waals surface area contributed by atoms with Gasteiger partial charge in [0, 0.05) is 44.5 Å². The van der Waals surface area contributed by atoms with Crippen LogP contribution in [0, 0.1) is 5.92 Å². The summed E-state index contributed by atoms with van der Waals surface area (Å²) in [5, 5.41) is 0. The van der Waals surface area contributed by atoms with E-state index in [1.165, 1.54) is 4.90 Å². The Labute approximate surface area is 149 Å². The van der Waals surface area contributed by atoms with Crippen LogP contribution in [-0.2, 0) is 16.1 Å². The van der Waals surface area contributed by atoms with E-state index in [0.29, 0.717) is 26.1 Å². The normalized spacial score (nSPS) is 17.6. The van der Waals surface area contributed by atoms with Gasteiger partial charge in [-0.25, -0.2) is 0 Å². The standard InChI is InChI=1S/C18H27N3O2S/c1-19(2)8-9-21-13-15(11-17(21)22)18(23)20(3)12-14-6-5-7-16(10-14)24-4/h5-7,10,15H,8-9,11-13H2,1-4H3. The van der Waals surface area contributed by atoms with E-state index >= 15 is 0 Å². The molecule has 1 fully saturated rings. The molecule has 1 aromatic carbocycles. The van der Waals surface area contributed by atoms with Crippen molar-refractivity contribution in [3.8, 4) is 0 Å². The fourth-order valence-electron chi connectivity index (χ4n) is 2.91. The van der Waals surface area contributed by atoms with Gasteiger partial charge in [0.25, 0.3) is 0 Å². The van der Waals surface area contributed by atoms with Gasteiger partial charge >= 0.3 is 0 Å². The van der Waals surface area contributed by atoms with Crippen molar-refractivity contribution >= 4 is 23.6 Å². The summed E-state index contributed by atoms with van der Waals surface area (Å²) in [7, 11) is 5.79. The number of rotatable bonds is 7. The molecule has 0 aliphatic carbocycles. The highest BCUT2D eigenvalue weighted by atomic mass is 32.2. The van der Waals surface area contributed by atoms with Gasteiger partial charge in [-0.3, -0.25) is 9.59 Å². The van der Waals surface area contributed by atoms with Gasteiger partial charge in [0.1, 0.15) is 0 Å². The van der Waals surface area contributed by atoms with E-state index in [2.05, 4.69) is 12.1 Å². The van der Waals surface area contributed by atoms with E-state index in [9.17, 15) is 9.59 Å². The Balaban J connectivity index is 1.92. The number of benzene rings is 1. The minimum atomic E-state index is -0.214. The third kappa shape index (κ3) is 4.98. The minimum Gasteiger partial charge on any atom is -0.341 e. The number of carbonyl (C=O) groups is 2. The topological polar surface area (TPSA) is 43.9 Å². The van der Waals surface area contributed by atoms with Crippen LogP contribution in [0.25, 0.3) is 0 Å². The molecule has 6 heteroatoms. The molecule has 24 heavy (non-hydrogen) atoms. The molecule has 1 aromatic rings. The zero-order valence-electron chi connectivity index (χ0n) is 15.0. The molecule has 1 atom stereocenters. The maximum absolute atomic E-state index is 12.7. The fraction of sp³-hybridized carbons (Fsp3) is 0.556. The molecule has 0 N–H and O–H groups in total. The van der Waals surface area contributed by atoms with Gasteiger partial charge in [0.05, 0.1) is 5.92 Å². The highest BCUT2D eigenvalue weighted by Crippen LogP contribution is 2.21. The third-order valence-corrected chi connectivity index (χ3v) is 5.04. The second kappa shape index (κ2) is 8.53. The van der Waals surface area contributed by atoms with Crippen LogP contribution in [0.3, 0.4) is 0 Å². The molecule has 1 heterocycles. The Hall–Kier alpha value is -1.53. The number of hydrogen-bond donors (Lipinski definition) is 0. The minimum absolute atomic E-state index is 0.0604. The summed E-state index contributed by atoms with van der Waals surface area (Å²) >= 11 is 1.69. The van der Waals surface area contributed by atoms with E-state index in [4.69, 9.17) is 0 Å². The Morgan fingerprint density at radius 2 is 2.08 bits per heavy atom. The van der Waals surface area contributed by atoms with Crippen molar-refractivity contribution < 1.29 is 9.59 Å². The lowest BCUT2D eigenvalue weighted by atomic mass is 10.1. The number of carbonyl (C=O) groups excluding carboxylic acids is 2. The first-order valence-corrected chi connectivity index (χ1v) is 9.43. The first-order chi connectivity index (χ1) is 11.4. The average Bonchev–Trinajstić information content (AvgIpc) is 2.93. The Bertz CT molecular complexity index is 591. The van der Waals surface area contributed by atoms with Crippen LogP contribution < -0.4 is 0 Å². The van der Waals surface area contributed by atoms with Crippen LogP contribution >= 0.6 is 11.8 Å². The molecule has 5 nitrogen and oxygen atoms in total. The summed E-state index contributed by atoms with van der Waals surface area (Å²) in [5.41, 5.74) is 1.12. The summed E-state index contributed by atoms with van der Waals surface area (Å²) in [6.45, 7) is 2.63. The molecule has 2 amide bonds. The summed E-state index contributed by atoms with van der Waals surface area (Å²) < 4.78 is 0. The Morgan fingerprint density at radius 1 is 1.33 bits per heavy atom. The summed E-state index contributed by atoms with van der Waals surface area (Å²) in [4.78, 5) is 31.6. The van der Waals surface area contributed by atoms with Crippen LogP contribution in [0.4, 0.5) is 0 Å². The van der Waals surface area contributed by atoms with Gasteiger partial charge < -0.3 is 14.7 Å². The maximum Gasteiger partial charge on any atom is 0.228 e. The molecular weight excluding hydrogens is 322 g/mol. The van der Waals surface area contributed by atoms with E-state index in [1.807, 2.05) is 49.3 Å². The van der Waals surface area contributed by atoms with Crippen LogP contribution in [-0.4, -0.2) is 73.5 Å². The lowest BCUT2D eigenvalue weighted by Gasteiger charge is -2.22. The predicted octanol–water partition coefficient (Wildman–Crippen LogP) is 1.78. The summed E-state index contributed by atoms with van der Waals surface area (Å²) in [6, 6.07) is 8.22. The van der Waals surface area contributed by atoms with Crippen molar-refractivity contribution in [2.24, 2.45) is 5.92 Å². The molecule has 0 saturated carbocycles. The fourth-order valence-corrected chi connectivity index (χ4v) is 3.39. The molecule has 1 aliphatic rings. The Kier molecular flexibility index (Phi) is 6.69. The van der Waals surface area contributed by atoms with Gasteiger partial charge in [0.15, 0.2) is 0 Å². The second-order valence-corrected chi connectivity index (χ2v) is 7.47.